The van der Waals surface area contributed by atoms with Gasteiger partial charge in [0.05, 0.1) is 6.61 Å². The monoisotopic (exact) mass is 420 g/mol. The molecule has 3 nitrogen and oxygen atoms in total. The normalized spacial score (nSPS) is 18.9. The van der Waals surface area contributed by atoms with Crippen LogP contribution in [0.15, 0.2) is 72.8 Å². The summed E-state index contributed by atoms with van der Waals surface area (Å²) in [5.41, 5.74) is 4.86. The Bertz CT molecular complexity index is 943. The molecule has 1 aliphatic heterocycles. The van der Waals surface area contributed by atoms with E-state index in [-0.39, 0.29) is 0 Å². The summed E-state index contributed by atoms with van der Waals surface area (Å²) in [6.45, 7) is 4.52. The summed E-state index contributed by atoms with van der Waals surface area (Å²) in [5.74, 6) is 0.947. The van der Waals surface area contributed by atoms with Crippen LogP contribution in [-0.4, -0.2) is 19.2 Å². The first-order valence-electron chi connectivity index (χ1n) is 10.8. The van der Waals surface area contributed by atoms with Gasteiger partial charge in [-0.2, -0.15) is 0 Å². The Labute approximate surface area is 184 Å². The molecule has 2 N–H and O–H groups in total. The number of benzene rings is 3. The highest BCUT2D eigenvalue weighted by atomic mass is 35.5. The molecular weight excluding hydrogens is 392 g/mol. The third-order valence-electron chi connectivity index (χ3n) is 5.71. The number of halogens is 1. The summed E-state index contributed by atoms with van der Waals surface area (Å²) in [4.78, 5) is 0. The van der Waals surface area contributed by atoms with Crippen LogP contribution in [0.1, 0.15) is 36.9 Å². The van der Waals surface area contributed by atoms with Crippen LogP contribution in [0.2, 0.25) is 5.02 Å². The zero-order chi connectivity index (χ0) is 20.8. The Balaban J connectivity index is 1.54. The molecule has 156 valence electrons. The standard InChI is InChI=1S/C26H29ClN2O/c1-2-30-25-15-12-21(19-10-13-23(27)14-11-19)17-22(25)18-29-24-9-6-16-28-26(24)20-7-4-3-5-8-20/h3-5,7-8,10-15,17,24,26,28-29H,2,6,9,16,18H2,1H3/t24-,26-/m0/s1. The molecule has 3 aromatic carbocycles. The van der Waals surface area contributed by atoms with Crippen LogP contribution >= 0.6 is 11.6 Å². The van der Waals surface area contributed by atoms with Crippen molar-refractivity contribution >= 4 is 11.6 Å². The third-order valence-corrected chi connectivity index (χ3v) is 5.96. The van der Waals surface area contributed by atoms with E-state index >= 15 is 0 Å². The molecule has 30 heavy (non-hydrogen) atoms. The number of ether oxygens (including phenoxy) is 1. The van der Waals surface area contributed by atoms with Gasteiger partial charge in [-0.15, -0.1) is 0 Å². The number of piperidine rings is 1. The van der Waals surface area contributed by atoms with E-state index in [1.165, 1.54) is 23.1 Å². The van der Waals surface area contributed by atoms with Gasteiger partial charge < -0.3 is 15.4 Å². The van der Waals surface area contributed by atoms with E-state index in [1.807, 2.05) is 19.1 Å². The molecule has 3 aromatic rings. The fourth-order valence-corrected chi connectivity index (χ4v) is 4.32. The zero-order valence-corrected chi connectivity index (χ0v) is 18.2. The first kappa shape index (κ1) is 20.9. The minimum Gasteiger partial charge on any atom is -0.494 e. The topological polar surface area (TPSA) is 33.3 Å². The van der Waals surface area contributed by atoms with Crippen LogP contribution in [0, 0.1) is 0 Å². The van der Waals surface area contributed by atoms with Crippen LogP contribution in [0.3, 0.4) is 0 Å². The van der Waals surface area contributed by atoms with Gasteiger partial charge in [0, 0.05) is 29.2 Å². The van der Waals surface area contributed by atoms with Crippen LogP contribution in [0.25, 0.3) is 11.1 Å². The molecule has 0 aromatic heterocycles. The summed E-state index contributed by atoms with van der Waals surface area (Å²) in [5, 5.41) is 8.26. The summed E-state index contributed by atoms with van der Waals surface area (Å²) in [6, 6.07) is 25.9. The van der Waals surface area contributed by atoms with Crippen LogP contribution in [-0.2, 0) is 6.54 Å². The maximum absolute atomic E-state index is 6.06. The second-order valence-corrected chi connectivity index (χ2v) is 8.17. The molecule has 0 amide bonds. The quantitative estimate of drug-likeness (QED) is 0.492. The second-order valence-electron chi connectivity index (χ2n) is 7.73. The smallest absolute Gasteiger partial charge is 0.123 e. The van der Waals surface area contributed by atoms with Gasteiger partial charge in [-0.3, -0.25) is 0 Å². The van der Waals surface area contributed by atoms with E-state index < -0.39 is 0 Å². The molecule has 0 unspecified atom stereocenters. The van der Waals surface area contributed by atoms with Crippen molar-refractivity contribution in [2.45, 2.75) is 38.4 Å². The molecule has 0 spiro atoms. The van der Waals surface area contributed by atoms with Gasteiger partial charge in [0.1, 0.15) is 5.75 Å². The number of nitrogens with one attached hydrogen (secondary N) is 2. The maximum Gasteiger partial charge on any atom is 0.123 e. The minimum absolute atomic E-state index is 0.329. The third kappa shape index (κ3) is 5.04. The Morgan fingerprint density at radius 3 is 2.53 bits per heavy atom. The van der Waals surface area contributed by atoms with E-state index in [4.69, 9.17) is 16.3 Å². The van der Waals surface area contributed by atoms with E-state index in [0.29, 0.717) is 18.7 Å². The number of hydrogen-bond donors (Lipinski definition) is 2. The number of hydrogen-bond acceptors (Lipinski definition) is 3. The first-order chi connectivity index (χ1) is 14.7. The SMILES string of the molecule is CCOc1ccc(-c2ccc(Cl)cc2)cc1CN[C@H]1CCCN[C@H]1c1ccccc1. The highest BCUT2D eigenvalue weighted by molar-refractivity contribution is 6.30. The fraction of sp³-hybridized carbons (Fsp3) is 0.308. The summed E-state index contributed by atoms with van der Waals surface area (Å²) in [6.07, 6.45) is 2.34. The maximum atomic E-state index is 6.06. The van der Waals surface area contributed by atoms with Gasteiger partial charge >= 0.3 is 0 Å². The molecule has 1 heterocycles. The Kier molecular flexibility index (Phi) is 7.06. The Morgan fingerprint density at radius 1 is 1.00 bits per heavy atom. The van der Waals surface area contributed by atoms with Gasteiger partial charge in [-0.25, -0.2) is 0 Å². The van der Waals surface area contributed by atoms with E-state index in [0.717, 1.165) is 35.8 Å². The molecule has 1 aliphatic rings. The molecule has 0 bridgehead atoms. The van der Waals surface area contributed by atoms with Gasteiger partial charge in [-0.05, 0) is 67.3 Å². The molecular formula is C26H29ClN2O. The van der Waals surface area contributed by atoms with Gasteiger partial charge in [0.25, 0.3) is 0 Å². The predicted molar refractivity (Wildman–Crippen MR) is 125 cm³/mol. The van der Waals surface area contributed by atoms with Crippen molar-refractivity contribution in [3.63, 3.8) is 0 Å². The van der Waals surface area contributed by atoms with Crippen LogP contribution < -0.4 is 15.4 Å². The van der Waals surface area contributed by atoms with Crippen molar-refractivity contribution in [3.05, 3.63) is 88.9 Å². The van der Waals surface area contributed by atoms with Crippen molar-refractivity contribution in [2.75, 3.05) is 13.2 Å². The lowest BCUT2D eigenvalue weighted by Gasteiger charge is -2.34. The Morgan fingerprint density at radius 2 is 1.77 bits per heavy atom. The highest BCUT2D eigenvalue weighted by Crippen LogP contribution is 2.29. The molecule has 0 aliphatic carbocycles. The summed E-state index contributed by atoms with van der Waals surface area (Å²) in [7, 11) is 0. The minimum atomic E-state index is 0.329. The average Bonchev–Trinajstić information content (AvgIpc) is 2.80. The van der Waals surface area contributed by atoms with Crippen molar-refractivity contribution < 1.29 is 4.74 Å². The number of rotatable bonds is 7. The van der Waals surface area contributed by atoms with Gasteiger partial charge in [0.15, 0.2) is 0 Å². The largest absolute Gasteiger partial charge is 0.494 e. The van der Waals surface area contributed by atoms with Crippen molar-refractivity contribution in [1.29, 1.82) is 0 Å². The van der Waals surface area contributed by atoms with Crippen molar-refractivity contribution in [2.24, 2.45) is 0 Å². The van der Waals surface area contributed by atoms with Crippen molar-refractivity contribution in [3.8, 4) is 16.9 Å². The molecule has 4 heteroatoms. The second kappa shape index (κ2) is 10.1. The van der Waals surface area contributed by atoms with Crippen LogP contribution in [0.5, 0.6) is 5.75 Å². The predicted octanol–water partition coefficient (Wildman–Crippen LogP) is 5.99. The van der Waals surface area contributed by atoms with Gasteiger partial charge in [-0.1, -0.05) is 60.1 Å². The zero-order valence-electron chi connectivity index (χ0n) is 17.4. The van der Waals surface area contributed by atoms with E-state index in [9.17, 15) is 0 Å². The summed E-state index contributed by atoms with van der Waals surface area (Å²) >= 11 is 6.06. The van der Waals surface area contributed by atoms with E-state index in [1.54, 1.807) is 0 Å². The highest BCUT2D eigenvalue weighted by Gasteiger charge is 2.25. The molecule has 4 rings (SSSR count). The average molecular weight is 421 g/mol. The van der Waals surface area contributed by atoms with E-state index in [2.05, 4.69) is 71.3 Å². The fourth-order valence-electron chi connectivity index (χ4n) is 4.20. The molecule has 1 fully saturated rings. The van der Waals surface area contributed by atoms with Crippen molar-refractivity contribution in [1.82, 2.24) is 10.6 Å². The summed E-state index contributed by atoms with van der Waals surface area (Å²) < 4.78 is 5.92. The lowest BCUT2D eigenvalue weighted by Crippen LogP contribution is -2.45. The Hall–Kier alpha value is -2.33. The molecule has 0 saturated carbocycles. The molecule has 2 atom stereocenters. The van der Waals surface area contributed by atoms with Crippen LogP contribution in [0.4, 0.5) is 0 Å². The molecule has 0 radical (unpaired) electrons. The van der Waals surface area contributed by atoms with Gasteiger partial charge in [0.2, 0.25) is 0 Å². The molecule has 1 saturated heterocycles. The lowest BCUT2D eigenvalue weighted by atomic mass is 9.92. The first-order valence-corrected chi connectivity index (χ1v) is 11.2. The lowest BCUT2D eigenvalue weighted by molar-refractivity contribution is 0.299.